The summed E-state index contributed by atoms with van der Waals surface area (Å²) in [5, 5.41) is 27.1. The number of rotatable bonds is 9. The van der Waals surface area contributed by atoms with Crippen LogP contribution in [-0.4, -0.2) is 39.0 Å². The predicted octanol–water partition coefficient (Wildman–Crippen LogP) is 4.74. The summed E-state index contributed by atoms with van der Waals surface area (Å²) in [7, 11) is 1.63. The van der Waals surface area contributed by atoms with Crippen LogP contribution in [0.5, 0.6) is 5.75 Å². The van der Waals surface area contributed by atoms with Crippen LogP contribution < -0.4 is 15.0 Å². The molecule has 2 aromatic heterocycles. The first-order valence-electron chi connectivity index (χ1n) is 12.0. The summed E-state index contributed by atoms with van der Waals surface area (Å²) in [6.45, 7) is 2.28. The summed E-state index contributed by atoms with van der Waals surface area (Å²) in [5.74, 6) is 0.999. The van der Waals surface area contributed by atoms with Crippen LogP contribution in [-0.2, 0) is 11.3 Å². The van der Waals surface area contributed by atoms with Gasteiger partial charge in [0.1, 0.15) is 18.1 Å². The summed E-state index contributed by atoms with van der Waals surface area (Å²) in [5.41, 5.74) is 3.00. The van der Waals surface area contributed by atoms with E-state index in [1.165, 1.54) is 10.7 Å². The van der Waals surface area contributed by atoms with Crippen molar-refractivity contribution in [2.45, 2.75) is 38.3 Å². The van der Waals surface area contributed by atoms with E-state index in [9.17, 15) is 15.3 Å². The molecule has 1 fully saturated rings. The number of nitrogens with zero attached hydrogens (tertiary/aromatic N) is 7. The number of aromatic nitrogens is 4. The van der Waals surface area contributed by atoms with E-state index in [0.29, 0.717) is 34.8 Å². The molecule has 11 heteroatoms. The molecule has 0 aliphatic heterocycles. The van der Waals surface area contributed by atoms with Crippen molar-refractivity contribution >= 4 is 41.0 Å². The number of nitrogens with one attached hydrogen (secondary N) is 1. The summed E-state index contributed by atoms with van der Waals surface area (Å²) in [6, 6.07) is 15.5. The highest BCUT2D eigenvalue weighted by atomic mass is 35.5. The van der Waals surface area contributed by atoms with Crippen LogP contribution in [0.15, 0.2) is 42.6 Å². The van der Waals surface area contributed by atoms with Crippen molar-refractivity contribution in [2.75, 3.05) is 17.3 Å². The monoisotopic (exact) mass is 526 g/mol. The number of carbonyl (C=O) groups excluding carboxylic acids is 1. The van der Waals surface area contributed by atoms with Gasteiger partial charge in [0.05, 0.1) is 35.6 Å². The lowest BCUT2D eigenvalue weighted by Crippen LogP contribution is -2.27. The number of hydrogen-bond donors (Lipinski definition) is 1. The maximum atomic E-state index is 11.4. The minimum atomic E-state index is -0.510. The average Bonchev–Trinajstić information content (AvgIpc) is 3.71. The molecule has 5 rings (SSSR count). The number of ether oxygens (including phenoxy) is 1. The molecule has 1 N–H and O–H groups in total. The van der Waals surface area contributed by atoms with Crippen molar-refractivity contribution in [3.8, 4) is 17.9 Å². The molecule has 1 atom stereocenters. The molecule has 190 valence electrons. The highest BCUT2D eigenvalue weighted by molar-refractivity contribution is 6.34. The fourth-order valence-electron chi connectivity index (χ4n) is 4.21. The molecular formula is C27H23ClN8O2. The van der Waals surface area contributed by atoms with Crippen LogP contribution in [0.3, 0.4) is 0 Å². The van der Waals surface area contributed by atoms with E-state index >= 15 is 0 Å². The van der Waals surface area contributed by atoms with Crippen LogP contribution in [0.4, 0.5) is 17.5 Å². The second-order valence-corrected chi connectivity index (χ2v) is 9.42. The predicted molar refractivity (Wildman–Crippen MR) is 142 cm³/mol. The van der Waals surface area contributed by atoms with Gasteiger partial charge >= 0.3 is 0 Å². The minimum absolute atomic E-state index is 0.170. The molecule has 0 saturated heterocycles. The van der Waals surface area contributed by atoms with E-state index in [1.54, 1.807) is 26.2 Å². The quantitative estimate of drug-likeness (QED) is 0.307. The van der Waals surface area contributed by atoms with Gasteiger partial charge in [-0.1, -0.05) is 30.7 Å². The standard InChI is InChI=1S/C27H23ClN8O2/c1-16(15-37)22-9-18(11-29)10-23(24(22)28)32-27-33-26(25-31-13-20(12-30)36(25)34-27)35(19-5-6-19)14-17-3-7-21(38-2)8-4-17/h3-4,7-10,13,15-16,19H,5-6,14H2,1-2H3,(H,32,34). The van der Waals surface area contributed by atoms with E-state index in [2.05, 4.69) is 32.4 Å². The lowest BCUT2D eigenvalue weighted by Gasteiger charge is -2.24. The Bertz CT molecular complexity index is 1600. The number of aldehydes is 1. The first-order valence-corrected chi connectivity index (χ1v) is 12.3. The number of methoxy groups -OCH3 is 1. The van der Waals surface area contributed by atoms with Gasteiger partial charge in [-0.2, -0.15) is 20.0 Å². The van der Waals surface area contributed by atoms with E-state index in [-0.39, 0.29) is 22.7 Å². The number of carbonyl (C=O) groups is 1. The van der Waals surface area contributed by atoms with Crippen molar-refractivity contribution in [1.82, 2.24) is 19.6 Å². The number of fused-ring (bicyclic) bond motifs is 1. The number of imidazole rings is 1. The van der Waals surface area contributed by atoms with Gasteiger partial charge in [-0.25, -0.2) is 4.98 Å². The molecule has 4 aromatic rings. The van der Waals surface area contributed by atoms with Gasteiger partial charge in [0, 0.05) is 18.5 Å². The van der Waals surface area contributed by atoms with Crippen molar-refractivity contribution in [1.29, 1.82) is 10.5 Å². The first kappa shape index (κ1) is 25.0. The van der Waals surface area contributed by atoms with Crippen molar-refractivity contribution in [2.24, 2.45) is 0 Å². The third-order valence-corrected chi connectivity index (χ3v) is 6.82. The molecule has 0 amide bonds. The Morgan fingerprint density at radius 2 is 2.03 bits per heavy atom. The van der Waals surface area contributed by atoms with Gasteiger partial charge in [0.15, 0.2) is 17.2 Å². The third-order valence-electron chi connectivity index (χ3n) is 6.40. The maximum absolute atomic E-state index is 11.4. The molecule has 1 unspecified atom stereocenters. The van der Waals surface area contributed by atoms with Gasteiger partial charge in [-0.15, -0.1) is 5.10 Å². The molecule has 0 bridgehead atoms. The summed E-state index contributed by atoms with van der Waals surface area (Å²) >= 11 is 6.63. The van der Waals surface area contributed by atoms with E-state index in [4.69, 9.17) is 21.3 Å². The zero-order valence-electron chi connectivity index (χ0n) is 20.7. The SMILES string of the molecule is COc1ccc(CN(c2nc(Nc3cc(C#N)cc(C(C)C=O)c3Cl)nn3c(C#N)cnc23)C2CC2)cc1. The molecule has 1 aliphatic carbocycles. The number of halogens is 1. The van der Waals surface area contributed by atoms with Crippen molar-refractivity contribution in [3.05, 3.63) is 70.0 Å². The summed E-state index contributed by atoms with van der Waals surface area (Å²) in [6.07, 6.45) is 4.24. The van der Waals surface area contributed by atoms with Crippen LogP contribution in [0, 0.1) is 22.7 Å². The fraction of sp³-hybridized carbons (Fsp3) is 0.259. The van der Waals surface area contributed by atoms with Gasteiger partial charge in [-0.05, 0) is 48.2 Å². The Kier molecular flexibility index (Phi) is 6.82. The zero-order valence-corrected chi connectivity index (χ0v) is 21.5. The lowest BCUT2D eigenvalue weighted by atomic mass is 9.99. The second kappa shape index (κ2) is 10.4. The molecule has 38 heavy (non-hydrogen) atoms. The molecule has 2 aromatic carbocycles. The van der Waals surface area contributed by atoms with Gasteiger partial charge < -0.3 is 19.7 Å². The Hall–Kier alpha value is -4.67. The smallest absolute Gasteiger partial charge is 0.247 e. The fourth-order valence-corrected chi connectivity index (χ4v) is 4.54. The van der Waals surface area contributed by atoms with Crippen LogP contribution >= 0.6 is 11.6 Å². The Labute approximate surface area is 224 Å². The molecule has 2 heterocycles. The Morgan fingerprint density at radius 3 is 2.66 bits per heavy atom. The van der Waals surface area contributed by atoms with Gasteiger partial charge in [-0.3, -0.25) is 0 Å². The average molecular weight is 527 g/mol. The Morgan fingerprint density at radius 1 is 1.26 bits per heavy atom. The first-order chi connectivity index (χ1) is 18.4. The topological polar surface area (TPSA) is 132 Å². The summed E-state index contributed by atoms with van der Waals surface area (Å²) < 4.78 is 6.73. The van der Waals surface area contributed by atoms with Crippen molar-refractivity contribution in [3.63, 3.8) is 0 Å². The lowest BCUT2D eigenvalue weighted by molar-refractivity contribution is -0.108. The molecule has 10 nitrogen and oxygen atoms in total. The largest absolute Gasteiger partial charge is 0.497 e. The number of anilines is 3. The second-order valence-electron chi connectivity index (χ2n) is 9.05. The highest BCUT2D eigenvalue weighted by Crippen LogP contribution is 2.37. The number of nitriles is 2. The molecule has 0 spiro atoms. The zero-order chi connectivity index (χ0) is 26.8. The minimum Gasteiger partial charge on any atom is -0.497 e. The number of hydrogen-bond acceptors (Lipinski definition) is 9. The normalized spacial score (nSPS) is 13.4. The molecular weight excluding hydrogens is 504 g/mol. The third kappa shape index (κ3) is 4.82. The van der Waals surface area contributed by atoms with Crippen LogP contribution in [0.1, 0.15) is 48.1 Å². The van der Waals surface area contributed by atoms with E-state index < -0.39 is 5.92 Å². The molecule has 1 saturated carbocycles. The van der Waals surface area contributed by atoms with E-state index in [0.717, 1.165) is 30.4 Å². The van der Waals surface area contributed by atoms with E-state index in [1.807, 2.05) is 24.3 Å². The van der Waals surface area contributed by atoms with Crippen LogP contribution in [0.2, 0.25) is 5.02 Å². The summed E-state index contributed by atoms with van der Waals surface area (Å²) in [4.78, 5) is 22.9. The number of benzene rings is 2. The van der Waals surface area contributed by atoms with Gasteiger partial charge in [0.25, 0.3) is 0 Å². The Balaban J connectivity index is 1.60. The molecule has 0 radical (unpaired) electrons. The van der Waals surface area contributed by atoms with Crippen molar-refractivity contribution < 1.29 is 9.53 Å². The highest BCUT2D eigenvalue weighted by Gasteiger charge is 2.33. The maximum Gasteiger partial charge on any atom is 0.247 e. The van der Waals surface area contributed by atoms with Crippen LogP contribution in [0.25, 0.3) is 5.65 Å². The van der Waals surface area contributed by atoms with Gasteiger partial charge in [0.2, 0.25) is 5.95 Å². The molecule has 1 aliphatic rings.